The number of nitrogens with zero attached hydrogens (tertiary/aromatic N) is 1. The summed E-state index contributed by atoms with van der Waals surface area (Å²) in [7, 11) is 0. The molecule has 120 valence electrons. The lowest BCUT2D eigenvalue weighted by Gasteiger charge is -2.57. The zero-order chi connectivity index (χ0) is 15.0. The van der Waals surface area contributed by atoms with Crippen LogP contribution < -0.4 is 5.73 Å². The first-order chi connectivity index (χ1) is 10.7. The Kier molecular flexibility index (Phi) is 3.98. The second-order valence-electron chi connectivity index (χ2n) is 8.61. The molecule has 0 radical (unpaired) electrons. The van der Waals surface area contributed by atoms with E-state index < -0.39 is 0 Å². The molecule has 4 aliphatic carbocycles. The quantitative estimate of drug-likeness (QED) is 0.848. The van der Waals surface area contributed by atoms with Crippen LogP contribution in [0.1, 0.15) is 63.4 Å². The van der Waals surface area contributed by atoms with Crippen LogP contribution in [0.2, 0.25) is 0 Å². The lowest BCUT2D eigenvalue weighted by atomic mass is 9.48. The molecule has 1 unspecified atom stereocenters. The number of nitrogens with two attached hydrogens (primary N) is 1. The molecule has 0 aromatic carbocycles. The molecule has 1 aromatic heterocycles. The second-order valence-corrected chi connectivity index (χ2v) is 8.61. The van der Waals surface area contributed by atoms with E-state index in [1.807, 2.05) is 12.4 Å². The smallest absolute Gasteiger partial charge is 0.0270 e. The summed E-state index contributed by atoms with van der Waals surface area (Å²) in [6.45, 7) is 0. The lowest BCUT2D eigenvalue weighted by molar-refractivity contribution is -0.0589. The zero-order valence-corrected chi connectivity index (χ0v) is 13.7. The van der Waals surface area contributed by atoms with E-state index in [0.29, 0.717) is 11.5 Å². The molecule has 0 saturated heterocycles. The molecular formula is C20H30N2. The fourth-order valence-electron chi connectivity index (χ4n) is 6.13. The van der Waals surface area contributed by atoms with Crippen LogP contribution in [0.4, 0.5) is 0 Å². The van der Waals surface area contributed by atoms with E-state index in [9.17, 15) is 0 Å². The van der Waals surface area contributed by atoms with Crippen molar-refractivity contribution >= 4 is 0 Å². The average Bonchev–Trinajstić information content (AvgIpc) is 2.51. The van der Waals surface area contributed by atoms with Gasteiger partial charge in [-0.2, -0.15) is 0 Å². The molecule has 4 aliphatic rings. The molecule has 0 spiro atoms. The number of hydrogen-bond donors (Lipinski definition) is 1. The minimum absolute atomic E-state index is 0.376. The number of rotatable bonds is 6. The van der Waals surface area contributed by atoms with Crippen molar-refractivity contribution in [3.63, 3.8) is 0 Å². The number of aromatic nitrogens is 1. The van der Waals surface area contributed by atoms with Gasteiger partial charge in [0.05, 0.1) is 0 Å². The Morgan fingerprint density at radius 1 is 1.00 bits per heavy atom. The minimum atomic E-state index is 0.376. The van der Waals surface area contributed by atoms with Gasteiger partial charge >= 0.3 is 0 Å². The summed E-state index contributed by atoms with van der Waals surface area (Å²) in [6, 6.07) is 4.61. The van der Waals surface area contributed by atoms with E-state index in [2.05, 4.69) is 17.1 Å². The number of pyridine rings is 1. The highest BCUT2D eigenvalue weighted by atomic mass is 14.6. The van der Waals surface area contributed by atoms with Gasteiger partial charge in [-0.3, -0.25) is 4.98 Å². The molecule has 2 nitrogen and oxygen atoms in total. The van der Waals surface area contributed by atoms with Gasteiger partial charge in [0.2, 0.25) is 0 Å². The van der Waals surface area contributed by atoms with Crippen LogP contribution in [0.15, 0.2) is 24.5 Å². The largest absolute Gasteiger partial charge is 0.328 e. The first kappa shape index (κ1) is 14.7. The van der Waals surface area contributed by atoms with Gasteiger partial charge < -0.3 is 5.73 Å². The molecule has 2 N–H and O–H groups in total. The second kappa shape index (κ2) is 5.96. The van der Waals surface area contributed by atoms with Gasteiger partial charge in [-0.1, -0.05) is 0 Å². The van der Waals surface area contributed by atoms with E-state index in [-0.39, 0.29) is 0 Å². The Morgan fingerprint density at radius 3 is 2.18 bits per heavy atom. The normalized spacial score (nSPS) is 37.4. The van der Waals surface area contributed by atoms with Crippen molar-refractivity contribution in [2.24, 2.45) is 28.9 Å². The van der Waals surface area contributed by atoms with E-state index in [1.165, 1.54) is 37.7 Å². The van der Waals surface area contributed by atoms with Crippen molar-refractivity contribution < 1.29 is 0 Å². The third kappa shape index (κ3) is 3.08. The van der Waals surface area contributed by atoms with E-state index in [0.717, 1.165) is 30.6 Å². The van der Waals surface area contributed by atoms with Crippen molar-refractivity contribution in [3.05, 3.63) is 30.1 Å². The molecule has 4 fully saturated rings. The molecule has 2 heteroatoms. The standard InChI is InChI=1S/C20H30N2/c21-19(2-1-15-4-7-22-8-5-15)3-6-20-12-16-9-17(13-20)11-18(10-16)14-20/h4-5,7-8,16-19H,1-3,6,9-14,21H2. The summed E-state index contributed by atoms with van der Waals surface area (Å²) in [4.78, 5) is 4.08. The summed E-state index contributed by atoms with van der Waals surface area (Å²) < 4.78 is 0. The summed E-state index contributed by atoms with van der Waals surface area (Å²) in [5.74, 6) is 3.21. The summed E-state index contributed by atoms with van der Waals surface area (Å²) in [6.07, 6.45) is 17.8. The molecule has 4 bridgehead atoms. The Hall–Kier alpha value is -0.890. The summed E-state index contributed by atoms with van der Waals surface area (Å²) in [5, 5.41) is 0. The monoisotopic (exact) mass is 298 g/mol. The van der Waals surface area contributed by atoms with Gasteiger partial charge in [0.1, 0.15) is 0 Å². The van der Waals surface area contributed by atoms with Gasteiger partial charge in [0.15, 0.2) is 0 Å². The third-order valence-corrected chi connectivity index (χ3v) is 6.76. The number of aryl methyl sites for hydroxylation is 1. The van der Waals surface area contributed by atoms with Crippen molar-refractivity contribution in [2.45, 2.75) is 70.3 Å². The van der Waals surface area contributed by atoms with Crippen LogP contribution in [0.5, 0.6) is 0 Å². The molecule has 1 aromatic rings. The fourth-order valence-corrected chi connectivity index (χ4v) is 6.13. The SMILES string of the molecule is NC(CCc1ccncc1)CCC12CC3CC(CC(C3)C1)C2. The summed E-state index contributed by atoms with van der Waals surface area (Å²) in [5.41, 5.74) is 8.51. The molecule has 4 saturated carbocycles. The van der Waals surface area contributed by atoms with Crippen molar-refractivity contribution in [1.29, 1.82) is 0 Å². The van der Waals surface area contributed by atoms with Gasteiger partial charge in [-0.25, -0.2) is 0 Å². The molecule has 5 rings (SSSR count). The lowest BCUT2D eigenvalue weighted by Crippen LogP contribution is -2.46. The Balaban J connectivity index is 1.27. The topological polar surface area (TPSA) is 38.9 Å². The first-order valence-electron chi connectivity index (χ1n) is 9.35. The van der Waals surface area contributed by atoms with Crippen LogP contribution in [0.25, 0.3) is 0 Å². The zero-order valence-electron chi connectivity index (χ0n) is 13.7. The Bertz CT molecular complexity index is 460. The maximum Gasteiger partial charge on any atom is 0.0270 e. The van der Waals surface area contributed by atoms with Crippen LogP contribution in [0, 0.1) is 23.2 Å². The highest BCUT2D eigenvalue weighted by Gasteiger charge is 2.50. The van der Waals surface area contributed by atoms with E-state index in [4.69, 9.17) is 5.73 Å². The van der Waals surface area contributed by atoms with Crippen molar-refractivity contribution in [3.8, 4) is 0 Å². The van der Waals surface area contributed by atoms with Gasteiger partial charge in [-0.15, -0.1) is 0 Å². The molecule has 0 aliphatic heterocycles. The third-order valence-electron chi connectivity index (χ3n) is 6.76. The van der Waals surface area contributed by atoms with Crippen LogP contribution >= 0.6 is 0 Å². The van der Waals surface area contributed by atoms with Gasteiger partial charge in [-0.05, 0) is 105 Å². The van der Waals surface area contributed by atoms with Crippen LogP contribution in [-0.2, 0) is 6.42 Å². The number of hydrogen-bond acceptors (Lipinski definition) is 2. The minimum Gasteiger partial charge on any atom is -0.328 e. The highest BCUT2D eigenvalue weighted by molar-refractivity contribution is 5.10. The maximum atomic E-state index is 6.44. The van der Waals surface area contributed by atoms with Crippen molar-refractivity contribution in [2.75, 3.05) is 0 Å². The van der Waals surface area contributed by atoms with Crippen LogP contribution in [-0.4, -0.2) is 11.0 Å². The fraction of sp³-hybridized carbons (Fsp3) is 0.750. The Labute approximate surface area is 134 Å². The molecule has 22 heavy (non-hydrogen) atoms. The molecule has 1 atom stereocenters. The highest BCUT2D eigenvalue weighted by Crippen LogP contribution is 2.61. The predicted molar refractivity (Wildman–Crippen MR) is 90.4 cm³/mol. The Morgan fingerprint density at radius 2 is 1.59 bits per heavy atom. The average molecular weight is 298 g/mol. The maximum absolute atomic E-state index is 6.44. The van der Waals surface area contributed by atoms with Gasteiger partial charge in [0, 0.05) is 18.4 Å². The van der Waals surface area contributed by atoms with Gasteiger partial charge in [0.25, 0.3) is 0 Å². The molecule has 1 heterocycles. The van der Waals surface area contributed by atoms with Crippen LogP contribution in [0.3, 0.4) is 0 Å². The molecular weight excluding hydrogens is 268 g/mol. The predicted octanol–water partition coefficient (Wildman–Crippen LogP) is 4.34. The van der Waals surface area contributed by atoms with Crippen molar-refractivity contribution in [1.82, 2.24) is 4.98 Å². The van der Waals surface area contributed by atoms with E-state index >= 15 is 0 Å². The molecule has 0 amide bonds. The first-order valence-corrected chi connectivity index (χ1v) is 9.35. The summed E-state index contributed by atoms with van der Waals surface area (Å²) >= 11 is 0. The van der Waals surface area contributed by atoms with E-state index in [1.54, 1.807) is 19.3 Å².